The van der Waals surface area contributed by atoms with Gasteiger partial charge in [0.25, 0.3) is 5.91 Å². The van der Waals surface area contributed by atoms with Crippen LogP contribution in [-0.4, -0.2) is 41.8 Å². The van der Waals surface area contributed by atoms with Crippen LogP contribution in [0, 0.1) is 5.92 Å². The van der Waals surface area contributed by atoms with Gasteiger partial charge in [0.1, 0.15) is 12.6 Å². The van der Waals surface area contributed by atoms with Crippen LogP contribution in [0.5, 0.6) is 0 Å². The Morgan fingerprint density at radius 2 is 1.61 bits per heavy atom. The number of ether oxygens (including phenoxy) is 1. The molecule has 0 bridgehead atoms. The number of benzene rings is 2. The molecule has 31 heavy (non-hydrogen) atoms. The summed E-state index contributed by atoms with van der Waals surface area (Å²) in [7, 11) is 0. The summed E-state index contributed by atoms with van der Waals surface area (Å²) in [5.41, 5.74) is 6.56. The average Bonchev–Trinajstić information content (AvgIpc) is 3.54. The number of hydrogen-bond acceptors (Lipinski definition) is 5. The number of carbonyl (C=O) groups is 3. The van der Waals surface area contributed by atoms with Crippen molar-refractivity contribution >= 4 is 18.0 Å². The van der Waals surface area contributed by atoms with Crippen LogP contribution in [0.25, 0.3) is 11.1 Å². The van der Waals surface area contributed by atoms with Crippen molar-refractivity contribution in [1.29, 1.82) is 0 Å². The summed E-state index contributed by atoms with van der Waals surface area (Å²) in [4.78, 5) is 40.6. The molecule has 0 heterocycles. The number of carboxylic acid groups (broad SMARTS) is 1. The highest BCUT2D eigenvalue weighted by molar-refractivity contribution is 5.85. The van der Waals surface area contributed by atoms with E-state index in [4.69, 9.17) is 14.7 Å². The summed E-state index contributed by atoms with van der Waals surface area (Å²) in [6, 6.07) is 15.1. The number of nitrogens with one attached hydrogen (secondary N) is 2. The Kier molecular flexibility index (Phi) is 5.90. The van der Waals surface area contributed by atoms with Crippen molar-refractivity contribution in [1.82, 2.24) is 10.8 Å². The Hall–Kier alpha value is -3.39. The molecule has 0 aromatic heterocycles. The van der Waals surface area contributed by atoms with Gasteiger partial charge in [0.2, 0.25) is 0 Å². The van der Waals surface area contributed by atoms with Crippen LogP contribution in [-0.2, 0) is 19.2 Å². The number of fused-ring (bicyclic) bond motifs is 3. The first-order valence-corrected chi connectivity index (χ1v) is 10.3. The predicted molar refractivity (Wildman–Crippen MR) is 111 cm³/mol. The maximum Gasteiger partial charge on any atom is 0.407 e. The summed E-state index contributed by atoms with van der Waals surface area (Å²) in [5.74, 6) is -1.95. The number of amides is 2. The van der Waals surface area contributed by atoms with E-state index in [0.29, 0.717) is 0 Å². The van der Waals surface area contributed by atoms with E-state index < -0.39 is 30.1 Å². The molecule has 0 radical (unpaired) electrons. The molecule has 162 valence electrons. The molecule has 0 spiro atoms. The van der Waals surface area contributed by atoms with Crippen LogP contribution in [0.3, 0.4) is 0 Å². The van der Waals surface area contributed by atoms with E-state index in [1.165, 1.54) is 6.92 Å². The molecule has 2 aromatic carbocycles. The Bertz CT molecular complexity index is 958. The molecular weight excluding hydrogens is 400 g/mol. The first-order valence-electron chi connectivity index (χ1n) is 10.3. The van der Waals surface area contributed by atoms with E-state index in [9.17, 15) is 14.4 Å². The highest BCUT2D eigenvalue weighted by Crippen LogP contribution is 2.44. The number of hydroxylamine groups is 1. The number of carbonyl (C=O) groups excluding carboxylic acids is 2. The van der Waals surface area contributed by atoms with E-state index in [-0.39, 0.29) is 18.4 Å². The normalized spacial score (nSPS) is 16.5. The van der Waals surface area contributed by atoms with Gasteiger partial charge in [-0.25, -0.2) is 15.1 Å². The van der Waals surface area contributed by atoms with Crippen LogP contribution in [0.15, 0.2) is 48.5 Å². The summed E-state index contributed by atoms with van der Waals surface area (Å²) in [6.07, 6.45) is -0.312. The van der Waals surface area contributed by atoms with Crippen molar-refractivity contribution in [2.75, 3.05) is 6.61 Å². The molecule has 2 aromatic rings. The minimum absolute atomic E-state index is 0.0829. The van der Waals surface area contributed by atoms with E-state index in [1.807, 2.05) is 48.5 Å². The summed E-state index contributed by atoms with van der Waals surface area (Å²) >= 11 is 0. The number of aliphatic carboxylic acids is 1. The largest absolute Gasteiger partial charge is 0.479 e. The third kappa shape index (κ3) is 4.54. The van der Waals surface area contributed by atoms with Gasteiger partial charge >= 0.3 is 12.1 Å². The second kappa shape index (κ2) is 8.77. The van der Waals surface area contributed by atoms with E-state index in [1.54, 1.807) is 0 Å². The molecule has 3 N–H and O–H groups in total. The van der Waals surface area contributed by atoms with Crippen LogP contribution in [0.1, 0.15) is 36.8 Å². The maximum atomic E-state index is 12.3. The monoisotopic (exact) mass is 424 g/mol. The van der Waals surface area contributed by atoms with Gasteiger partial charge in [-0.1, -0.05) is 48.5 Å². The fourth-order valence-electron chi connectivity index (χ4n) is 3.84. The SMILES string of the molecule is CC(NC(=O)OCC1c2ccccc2-c2ccccc21)C(=O)NOC(C(=O)O)C1CC1. The lowest BCUT2D eigenvalue weighted by Crippen LogP contribution is -2.47. The van der Waals surface area contributed by atoms with Crippen LogP contribution >= 0.6 is 0 Å². The number of alkyl carbamates (subject to hydrolysis) is 1. The Morgan fingerprint density at radius 1 is 1.03 bits per heavy atom. The molecule has 4 rings (SSSR count). The number of hydrogen-bond donors (Lipinski definition) is 3. The molecule has 2 unspecified atom stereocenters. The third-order valence-electron chi connectivity index (χ3n) is 5.65. The second-order valence-corrected chi connectivity index (χ2v) is 7.87. The molecule has 1 saturated carbocycles. The first kappa shape index (κ1) is 20.9. The van der Waals surface area contributed by atoms with E-state index in [0.717, 1.165) is 35.1 Å². The summed E-state index contributed by atoms with van der Waals surface area (Å²) in [5, 5.41) is 11.6. The quantitative estimate of drug-likeness (QED) is 0.562. The van der Waals surface area contributed by atoms with Crippen molar-refractivity contribution in [3.05, 3.63) is 59.7 Å². The van der Waals surface area contributed by atoms with Crippen molar-refractivity contribution in [3.63, 3.8) is 0 Å². The van der Waals surface area contributed by atoms with E-state index >= 15 is 0 Å². The molecule has 0 saturated heterocycles. The van der Waals surface area contributed by atoms with Crippen molar-refractivity contribution in [3.8, 4) is 11.1 Å². The van der Waals surface area contributed by atoms with Gasteiger partial charge in [0, 0.05) is 5.92 Å². The minimum Gasteiger partial charge on any atom is -0.479 e. The maximum absolute atomic E-state index is 12.3. The predicted octanol–water partition coefficient (Wildman–Crippen LogP) is 2.82. The standard InChI is InChI=1S/C23H24N2O6/c1-13(21(26)25-31-20(22(27)28)14-10-11-14)24-23(29)30-12-19-17-8-4-2-6-15(17)16-7-3-5-9-18(16)19/h2-9,13-14,19-20H,10-12H2,1H3,(H,24,29)(H,25,26)(H,27,28). The lowest BCUT2D eigenvalue weighted by atomic mass is 9.98. The van der Waals surface area contributed by atoms with Crippen LogP contribution in [0.2, 0.25) is 0 Å². The van der Waals surface area contributed by atoms with Gasteiger partial charge in [0.05, 0.1) is 0 Å². The lowest BCUT2D eigenvalue weighted by molar-refractivity contribution is -0.163. The van der Waals surface area contributed by atoms with Crippen molar-refractivity contribution < 1.29 is 29.1 Å². The number of carboxylic acids is 1. The molecular formula is C23H24N2O6. The Labute approximate surface area is 179 Å². The Balaban J connectivity index is 1.30. The zero-order chi connectivity index (χ0) is 22.0. The van der Waals surface area contributed by atoms with Crippen LogP contribution in [0.4, 0.5) is 4.79 Å². The smallest absolute Gasteiger partial charge is 0.407 e. The molecule has 8 heteroatoms. The van der Waals surface area contributed by atoms with E-state index in [2.05, 4.69) is 10.8 Å². The molecule has 0 aliphatic heterocycles. The average molecular weight is 424 g/mol. The molecule has 8 nitrogen and oxygen atoms in total. The van der Waals surface area contributed by atoms with Gasteiger partial charge in [-0.15, -0.1) is 0 Å². The van der Waals surface area contributed by atoms with Gasteiger partial charge in [-0.2, -0.15) is 0 Å². The van der Waals surface area contributed by atoms with Crippen molar-refractivity contribution in [2.24, 2.45) is 5.92 Å². The zero-order valence-corrected chi connectivity index (χ0v) is 17.0. The molecule has 2 aliphatic rings. The van der Waals surface area contributed by atoms with Gasteiger partial charge in [-0.05, 0) is 47.9 Å². The summed E-state index contributed by atoms with van der Waals surface area (Å²) < 4.78 is 5.41. The highest BCUT2D eigenvalue weighted by Gasteiger charge is 2.38. The molecule has 2 aliphatic carbocycles. The highest BCUT2D eigenvalue weighted by atomic mass is 16.7. The summed E-state index contributed by atoms with van der Waals surface area (Å²) in [6.45, 7) is 1.60. The Morgan fingerprint density at radius 3 is 2.16 bits per heavy atom. The van der Waals surface area contributed by atoms with Crippen LogP contribution < -0.4 is 10.8 Å². The number of rotatable bonds is 8. The third-order valence-corrected chi connectivity index (χ3v) is 5.65. The van der Waals surface area contributed by atoms with Crippen molar-refractivity contribution in [2.45, 2.75) is 37.8 Å². The topological polar surface area (TPSA) is 114 Å². The lowest BCUT2D eigenvalue weighted by Gasteiger charge is -2.18. The molecule has 1 fully saturated rings. The fourth-order valence-corrected chi connectivity index (χ4v) is 3.84. The van der Waals surface area contributed by atoms with Gasteiger partial charge in [-0.3, -0.25) is 9.63 Å². The first-order chi connectivity index (χ1) is 15.0. The molecule has 2 amide bonds. The minimum atomic E-state index is -1.13. The second-order valence-electron chi connectivity index (χ2n) is 7.87. The fraction of sp³-hybridized carbons (Fsp3) is 0.348. The van der Waals surface area contributed by atoms with Gasteiger partial charge < -0.3 is 15.2 Å². The molecule has 2 atom stereocenters. The van der Waals surface area contributed by atoms with Gasteiger partial charge in [0.15, 0.2) is 6.10 Å². The zero-order valence-electron chi connectivity index (χ0n) is 17.0.